The summed E-state index contributed by atoms with van der Waals surface area (Å²) in [6.45, 7) is 1.92. The van der Waals surface area contributed by atoms with Gasteiger partial charge in [-0.15, -0.1) is 0 Å². The molecule has 5 heteroatoms. The standard InChI is InChI=1S/C24H24N2O3/c1-17(25-23(27)15-18-11-13-22(29-2)14-12-18)20-9-6-10-21(16-20)26-24(28)19-7-4-3-5-8-19/h3-14,16-17H,15H2,1-2H3,(H,25,27)(H,26,28)/t17-/m0/s1. The molecule has 0 aliphatic rings. The number of carbonyl (C=O) groups excluding carboxylic acids is 2. The summed E-state index contributed by atoms with van der Waals surface area (Å²) in [6.07, 6.45) is 0.290. The predicted molar refractivity (Wildman–Crippen MR) is 114 cm³/mol. The molecule has 0 radical (unpaired) electrons. The van der Waals surface area contributed by atoms with Crippen LogP contribution in [0.4, 0.5) is 5.69 Å². The molecule has 0 unspecified atom stereocenters. The lowest BCUT2D eigenvalue weighted by Crippen LogP contribution is -2.28. The van der Waals surface area contributed by atoms with Gasteiger partial charge in [-0.2, -0.15) is 0 Å². The Hall–Kier alpha value is -3.60. The third-order valence-electron chi connectivity index (χ3n) is 4.58. The lowest BCUT2D eigenvalue weighted by molar-refractivity contribution is -0.121. The number of ether oxygens (including phenoxy) is 1. The Morgan fingerprint density at radius 3 is 2.34 bits per heavy atom. The van der Waals surface area contributed by atoms with Crippen molar-refractivity contribution in [1.82, 2.24) is 5.32 Å². The molecule has 3 aromatic carbocycles. The number of methoxy groups -OCH3 is 1. The first-order valence-corrected chi connectivity index (χ1v) is 9.44. The molecule has 0 heterocycles. The Labute approximate surface area is 170 Å². The van der Waals surface area contributed by atoms with Gasteiger partial charge in [0.25, 0.3) is 5.91 Å². The number of rotatable bonds is 7. The Morgan fingerprint density at radius 1 is 0.931 bits per heavy atom. The number of carbonyl (C=O) groups is 2. The largest absolute Gasteiger partial charge is 0.497 e. The summed E-state index contributed by atoms with van der Waals surface area (Å²) in [5.74, 6) is 0.525. The van der Waals surface area contributed by atoms with E-state index in [1.807, 2.05) is 73.7 Å². The number of hydrogen-bond donors (Lipinski definition) is 2. The molecule has 148 valence electrons. The van der Waals surface area contributed by atoms with Crippen LogP contribution in [0.1, 0.15) is 34.5 Å². The Morgan fingerprint density at radius 2 is 1.66 bits per heavy atom. The van der Waals surface area contributed by atoms with Crippen molar-refractivity contribution < 1.29 is 14.3 Å². The molecule has 0 aliphatic carbocycles. The van der Waals surface area contributed by atoms with Gasteiger partial charge in [0.1, 0.15) is 5.75 Å². The Bertz CT molecular complexity index is 969. The van der Waals surface area contributed by atoms with E-state index in [9.17, 15) is 9.59 Å². The van der Waals surface area contributed by atoms with E-state index >= 15 is 0 Å². The van der Waals surface area contributed by atoms with Crippen LogP contribution >= 0.6 is 0 Å². The minimum Gasteiger partial charge on any atom is -0.497 e. The van der Waals surface area contributed by atoms with Crippen LogP contribution in [0.2, 0.25) is 0 Å². The maximum Gasteiger partial charge on any atom is 0.255 e. The van der Waals surface area contributed by atoms with Gasteiger partial charge >= 0.3 is 0 Å². The van der Waals surface area contributed by atoms with E-state index in [0.717, 1.165) is 16.9 Å². The minimum atomic E-state index is -0.186. The van der Waals surface area contributed by atoms with Crippen LogP contribution < -0.4 is 15.4 Å². The van der Waals surface area contributed by atoms with E-state index in [1.165, 1.54) is 0 Å². The summed E-state index contributed by atoms with van der Waals surface area (Å²) in [6, 6.07) is 23.8. The minimum absolute atomic E-state index is 0.0682. The topological polar surface area (TPSA) is 67.4 Å². The van der Waals surface area contributed by atoms with E-state index < -0.39 is 0 Å². The van der Waals surface area contributed by atoms with Crippen molar-refractivity contribution in [3.05, 3.63) is 95.6 Å². The van der Waals surface area contributed by atoms with Gasteiger partial charge in [0.15, 0.2) is 0 Å². The van der Waals surface area contributed by atoms with Gasteiger partial charge in [-0.1, -0.05) is 42.5 Å². The molecule has 0 aromatic heterocycles. The fourth-order valence-corrected chi connectivity index (χ4v) is 2.98. The SMILES string of the molecule is COc1ccc(CC(=O)N[C@@H](C)c2cccc(NC(=O)c3ccccc3)c2)cc1. The summed E-state index contributed by atoms with van der Waals surface area (Å²) >= 11 is 0. The molecule has 0 saturated heterocycles. The second-order valence-electron chi connectivity index (χ2n) is 6.76. The summed E-state index contributed by atoms with van der Waals surface area (Å²) in [5.41, 5.74) is 3.12. The maximum absolute atomic E-state index is 12.4. The molecule has 0 fully saturated rings. The third kappa shape index (κ3) is 5.69. The second-order valence-corrected chi connectivity index (χ2v) is 6.76. The fourth-order valence-electron chi connectivity index (χ4n) is 2.98. The zero-order chi connectivity index (χ0) is 20.6. The summed E-state index contributed by atoms with van der Waals surface area (Å²) in [4.78, 5) is 24.7. The number of benzene rings is 3. The maximum atomic E-state index is 12.4. The van der Waals surface area contributed by atoms with Gasteiger partial charge in [-0.25, -0.2) is 0 Å². The molecule has 2 N–H and O–H groups in total. The highest BCUT2D eigenvalue weighted by Gasteiger charge is 2.12. The highest BCUT2D eigenvalue weighted by Crippen LogP contribution is 2.19. The molecule has 5 nitrogen and oxygen atoms in total. The summed E-state index contributed by atoms with van der Waals surface area (Å²) < 4.78 is 5.13. The van der Waals surface area contributed by atoms with Crippen LogP contribution in [-0.2, 0) is 11.2 Å². The van der Waals surface area contributed by atoms with Crippen molar-refractivity contribution in [2.45, 2.75) is 19.4 Å². The van der Waals surface area contributed by atoms with Gasteiger partial charge in [-0.05, 0) is 54.4 Å². The van der Waals surface area contributed by atoms with Crippen LogP contribution in [-0.4, -0.2) is 18.9 Å². The second kappa shape index (κ2) is 9.55. The number of amides is 2. The van der Waals surface area contributed by atoms with Gasteiger partial charge < -0.3 is 15.4 Å². The predicted octanol–water partition coefficient (Wildman–Crippen LogP) is 4.37. The summed E-state index contributed by atoms with van der Waals surface area (Å²) in [5, 5.41) is 5.90. The molecule has 3 rings (SSSR count). The molecule has 0 saturated carbocycles. The first kappa shape index (κ1) is 20.1. The third-order valence-corrected chi connectivity index (χ3v) is 4.58. The van der Waals surface area contributed by atoms with Crippen molar-refractivity contribution in [1.29, 1.82) is 0 Å². The smallest absolute Gasteiger partial charge is 0.255 e. The van der Waals surface area contributed by atoms with Gasteiger partial charge in [0.05, 0.1) is 19.6 Å². The van der Waals surface area contributed by atoms with Crippen molar-refractivity contribution in [2.24, 2.45) is 0 Å². The number of anilines is 1. The molecular formula is C24H24N2O3. The highest BCUT2D eigenvalue weighted by atomic mass is 16.5. The average Bonchev–Trinajstić information content (AvgIpc) is 2.75. The van der Waals surface area contributed by atoms with Gasteiger partial charge in [0, 0.05) is 11.3 Å². The highest BCUT2D eigenvalue weighted by molar-refractivity contribution is 6.04. The zero-order valence-corrected chi connectivity index (χ0v) is 16.5. The zero-order valence-electron chi connectivity index (χ0n) is 16.5. The van der Waals surface area contributed by atoms with E-state index in [2.05, 4.69) is 10.6 Å². The monoisotopic (exact) mass is 388 g/mol. The molecule has 0 spiro atoms. The lowest BCUT2D eigenvalue weighted by Gasteiger charge is -2.16. The molecule has 29 heavy (non-hydrogen) atoms. The van der Waals surface area contributed by atoms with Crippen molar-refractivity contribution in [3.63, 3.8) is 0 Å². The van der Waals surface area contributed by atoms with E-state index in [-0.39, 0.29) is 17.9 Å². The quantitative estimate of drug-likeness (QED) is 0.632. The van der Waals surface area contributed by atoms with Gasteiger partial charge in [-0.3, -0.25) is 9.59 Å². The summed E-state index contributed by atoms with van der Waals surface area (Å²) in [7, 11) is 1.61. The molecule has 2 amide bonds. The number of nitrogens with one attached hydrogen (secondary N) is 2. The van der Waals surface area contributed by atoms with E-state index in [4.69, 9.17) is 4.74 Å². The molecular weight excluding hydrogens is 364 g/mol. The first-order chi connectivity index (χ1) is 14.0. The first-order valence-electron chi connectivity index (χ1n) is 9.44. The van der Waals surface area contributed by atoms with Crippen LogP contribution in [0.3, 0.4) is 0 Å². The Kier molecular flexibility index (Phi) is 6.63. The van der Waals surface area contributed by atoms with Crippen LogP contribution in [0.5, 0.6) is 5.75 Å². The fraction of sp³-hybridized carbons (Fsp3) is 0.167. The average molecular weight is 388 g/mol. The van der Waals surface area contributed by atoms with E-state index in [0.29, 0.717) is 17.7 Å². The van der Waals surface area contributed by atoms with Crippen LogP contribution in [0.15, 0.2) is 78.9 Å². The molecule has 0 aliphatic heterocycles. The van der Waals surface area contributed by atoms with Crippen molar-refractivity contribution >= 4 is 17.5 Å². The van der Waals surface area contributed by atoms with Crippen LogP contribution in [0.25, 0.3) is 0 Å². The van der Waals surface area contributed by atoms with Crippen LogP contribution in [0, 0.1) is 0 Å². The van der Waals surface area contributed by atoms with Crippen molar-refractivity contribution in [2.75, 3.05) is 12.4 Å². The molecule has 3 aromatic rings. The molecule has 1 atom stereocenters. The van der Waals surface area contributed by atoms with E-state index in [1.54, 1.807) is 19.2 Å². The number of hydrogen-bond acceptors (Lipinski definition) is 3. The normalized spacial score (nSPS) is 11.4. The van der Waals surface area contributed by atoms with Crippen molar-refractivity contribution in [3.8, 4) is 5.75 Å². The lowest BCUT2D eigenvalue weighted by atomic mass is 10.1. The molecule has 0 bridgehead atoms. The Balaban J connectivity index is 1.60. The van der Waals surface area contributed by atoms with Gasteiger partial charge in [0.2, 0.25) is 5.91 Å².